The molecular weight excluding hydrogens is 588 g/mol. The van der Waals surface area contributed by atoms with Crippen LogP contribution < -0.4 is 20.1 Å². The summed E-state index contributed by atoms with van der Waals surface area (Å²) >= 11 is 0. The predicted octanol–water partition coefficient (Wildman–Crippen LogP) is 2.22. The fourth-order valence-electron chi connectivity index (χ4n) is 6.20. The number of rotatable bonds is 5. The van der Waals surface area contributed by atoms with Crippen LogP contribution in [0.2, 0.25) is 0 Å². The minimum absolute atomic E-state index is 0.0390. The molecule has 11 heteroatoms. The summed E-state index contributed by atoms with van der Waals surface area (Å²) in [5.74, 6) is -0.467. The third-order valence-corrected chi connectivity index (χ3v) is 8.76. The minimum Gasteiger partial charge on any atom is -0.486 e. The van der Waals surface area contributed by atoms with E-state index in [4.69, 9.17) is 14.2 Å². The molecule has 1 saturated heterocycles. The Morgan fingerprint density at radius 1 is 0.978 bits per heavy atom. The van der Waals surface area contributed by atoms with E-state index in [0.717, 1.165) is 5.56 Å². The first kappa shape index (κ1) is 31.1. The average Bonchev–Trinajstić information content (AvgIpc) is 3.69. The number of likely N-dealkylation sites (tertiary alicyclic amines) is 1. The van der Waals surface area contributed by atoms with Gasteiger partial charge in [0.1, 0.15) is 17.6 Å². The summed E-state index contributed by atoms with van der Waals surface area (Å²) < 4.78 is 17.3. The van der Waals surface area contributed by atoms with Gasteiger partial charge in [-0.1, -0.05) is 36.4 Å². The Kier molecular flexibility index (Phi) is 9.20. The van der Waals surface area contributed by atoms with Gasteiger partial charge < -0.3 is 34.6 Å². The zero-order valence-corrected chi connectivity index (χ0v) is 26.0. The highest BCUT2D eigenvalue weighted by atomic mass is 16.5. The van der Waals surface area contributed by atoms with Gasteiger partial charge in [-0.15, -0.1) is 0 Å². The maximum atomic E-state index is 13.8. The van der Waals surface area contributed by atoms with Crippen molar-refractivity contribution in [2.24, 2.45) is 5.92 Å². The van der Waals surface area contributed by atoms with E-state index in [9.17, 15) is 19.2 Å². The van der Waals surface area contributed by atoms with Crippen LogP contribution >= 0.6 is 0 Å². The van der Waals surface area contributed by atoms with Crippen molar-refractivity contribution in [2.45, 2.75) is 31.5 Å². The van der Waals surface area contributed by atoms with E-state index < -0.39 is 18.1 Å². The summed E-state index contributed by atoms with van der Waals surface area (Å²) in [6.45, 7) is 1.27. The van der Waals surface area contributed by atoms with E-state index in [1.807, 2.05) is 36.4 Å². The summed E-state index contributed by atoms with van der Waals surface area (Å²) in [6, 6.07) is 19.5. The zero-order valence-electron chi connectivity index (χ0n) is 26.0. The Morgan fingerprint density at radius 3 is 2.43 bits per heavy atom. The molecule has 0 saturated carbocycles. The van der Waals surface area contributed by atoms with Gasteiger partial charge in [-0.2, -0.15) is 0 Å². The number of nitrogens with one attached hydrogen (secondary N) is 2. The summed E-state index contributed by atoms with van der Waals surface area (Å²) in [4.78, 5) is 56.7. The lowest BCUT2D eigenvalue weighted by Gasteiger charge is -2.22. The van der Waals surface area contributed by atoms with Gasteiger partial charge in [-0.3, -0.25) is 19.2 Å². The number of hydrogen-bond acceptors (Lipinski definition) is 7. The molecule has 2 atom stereocenters. The molecule has 0 radical (unpaired) electrons. The van der Waals surface area contributed by atoms with E-state index >= 15 is 0 Å². The first-order valence-electron chi connectivity index (χ1n) is 15.5. The second kappa shape index (κ2) is 13.6. The van der Waals surface area contributed by atoms with Gasteiger partial charge in [0.05, 0.1) is 19.2 Å². The first-order valence-corrected chi connectivity index (χ1v) is 15.5. The lowest BCUT2D eigenvalue weighted by Crippen LogP contribution is -2.45. The van der Waals surface area contributed by atoms with Crippen molar-refractivity contribution in [3.05, 3.63) is 94.5 Å². The number of carbonyl (C=O) groups excluding carboxylic acids is 4. The Balaban J connectivity index is 1.28. The minimum atomic E-state index is -0.521. The number of hydrogen-bond donors (Lipinski definition) is 2. The average molecular weight is 627 g/mol. The summed E-state index contributed by atoms with van der Waals surface area (Å²) in [7, 11) is 3.20. The number of carbonyl (C=O) groups is 4. The highest BCUT2D eigenvalue weighted by molar-refractivity contribution is 6.00. The van der Waals surface area contributed by atoms with Crippen molar-refractivity contribution in [3.63, 3.8) is 0 Å². The van der Waals surface area contributed by atoms with Crippen LogP contribution in [0.15, 0.2) is 66.7 Å². The predicted molar refractivity (Wildman–Crippen MR) is 169 cm³/mol. The molecule has 3 heterocycles. The molecule has 3 aromatic carbocycles. The van der Waals surface area contributed by atoms with Crippen LogP contribution in [0.3, 0.4) is 0 Å². The smallest absolute Gasteiger partial charge is 0.258 e. The second-order valence-electron chi connectivity index (χ2n) is 12.0. The van der Waals surface area contributed by atoms with Crippen molar-refractivity contribution in [2.75, 3.05) is 47.0 Å². The van der Waals surface area contributed by atoms with Crippen LogP contribution in [0.1, 0.15) is 37.4 Å². The highest BCUT2D eigenvalue weighted by Gasteiger charge is 2.41. The maximum absolute atomic E-state index is 13.8. The number of nitrogens with zero attached hydrogens (tertiary/aromatic N) is 2. The van der Waals surface area contributed by atoms with Gasteiger partial charge in [0.2, 0.25) is 5.91 Å². The van der Waals surface area contributed by atoms with Gasteiger partial charge in [0.15, 0.2) is 6.61 Å². The Morgan fingerprint density at radius 2 is 1.72 bits per heavy atom. The molecule has 240 valence electrons. The molecule has 1 fully saturated rings. The largest absolute Gasteiger partial charge is 0.486 e. The van der Waals surface area contributed by atoms with Gasteiger partial charge >= 0.3 is 0 Å². The summed E-state index contributed by atoms with van der Waals surface area (Å²) in [6.07, 6.45) is 0.863. The van der Waals surface area contributed by atoms with Crippen LogP contribution in [0, 0.1) is 5.92 Å². The number of methoxy groups -OCH3 is 1. The van der Waals surface area contributed by atoms with Crippen molar-refractivity contribution < 1.29 is 33.4 Å². The van der Waals surface area contributed by atoms with Gasteiger partial charge in [-0.25, -0.2) is 0 Å². The van der Waals surface area contributed by atoms with Crippen molar-refractivity contribution in [1.29, 1.82) is 0 Å². The molecule has 0 unspecified atom stereocenters. The molecule has 7 rings (SSSR count). The number of likely N-dealkylation sites (N-methyl/N-ethyl adjacent to an activating group) is 1. The maximum Gasteiger partial charge on any atom is 0.258 e. The third-order valence-electron chi connectivity index (χ3n) is 8.76. The third kappa shape index (κ3) is 6.99. The van der Waals surface area contributed by atoms with Crippen molar-refractivity contribution >= 4 is 23.6 Å². The van der Waals surface area contributed by atoms with Crippen LogP contribution in [0.25, 0.3) is 0 Å². The molecule has 4 bridgehead atoms. The molecule has 3 aromatic rings. The lowest BCUT2D eigenvalue weighted by atomic mass is 10.1. The summed E-state index contributed by atoms with van der Waals surface area (Å²) in [5, 5.41) is 5.89. The molecule has 4 amide bonds. The fraction of sp³-hybridized carbons (Fsp3) is 0.371. The van der Waals surface area contributed by atoms with Crippen LogP contribution in [0.4, 0.5) is 0 Å². The number of benzene rings is 3. The van der Waals surface area contributed by atoms with Crippen LogP contribution in [0.5, 0.6) is 11.5 Å². The molecule has 3 aliphatic heterocycles. The number of ether oxygens (including phenoxy) is 3. The van der Waals surface area contributed by atoms with Gasteiger partial charge in [0.25, 0.3) is 17.7 Å². The van der Waals surface area contributed by atoms with Crippen molar-refractivity contribution in [1.82, 2.24) is 20.4 Å². The number of amides is 4. The zero-order chi connectivity index (χ0) is 32.2. The molecule has 4 aliphatic rings. The van der Waals surface area contributed by atoms with Crippen LogP contribution in [-0.2, 0) is 33.7 Å². The van der Waals surface area contributed by atoms with Gasteiger partial charge in [-0.05, 0) is 59.9 Å². The molecular formula is C35H38N4O7. The van der Waals surface area contributed by atoms with E-state index in [0.29, 0.717) is 38.3 Å². The Hall–Kier alpha value is -4.90. The SMILES string of the molecule is COCCN(C)C(=O)c1cc2cc(c1)C(=O)N[C@H]1CN(C(=O)C3Cc4ccccc4C3)C[C@@H]1Oc1ccc(cc1)CNC(=O)CO2. The Labute approximate surface area is 267 Å². The first-order chi connectivity index (χ1) is 22.3. The van der Waals surface area contributed by atoms with Crippen LogP contribution in [-0.4, -0.2) is 92.6 Å². The van der Waals surface area contributed by atoms with Gasteiger partial charge in [0, 0.05) is 50.8 Å². The standard InChI is InChI=1S/C35H38N4O7/c1-38(11-12-44-2)34(42)27-15-25-16-29(17-27)45-21-32(40)36-18-22-7-9-28(10-8-22)46-31-20-39(19-30(31)37-33(25)41)35(43)26-13-23-5-3-4-6-24(23)14-26/h3-10,15-17,26,30-31H,11-14,18-21H2,1-2H3,(H,36,40)(H,37,41)/t30-,31-/m0/s1. The normalized spacial score (nSPS) is 19.7. The molecule has 1 aliphatic carbocycles. The monoisotopic (exact) mass is 626 g/mol. The lowest BCUT2D eigenvalue weighted by molar-refractivity contribution is -0.134. The second-order valence-corrected chi connectivity index (χ2v) is 12.0. The summed E-state index contributed by atoms with van der Waals surface area (Å²) in [5.41, 5.74) is 3.68. The molecule has 0 aromatic heterocycles. The Bertz CT molecular complexity index is 1600. The quantitative estimate of drug-likeness (QED) is 0.445. The number of fused-ring (bicyclic) bond motifs is 8. The molecule has 0 spiro atoms. The molecule has 11 nitrogen and oxygen atoms in total. The van der Waals surface area contributed by atoms with Crippen molar-refractivity contribution in [3.8, 4) is 11.5 Å². The van der Waals surface area contributed by atoms with E-state index in [1.54, 1.807) is 19.1 Å². The van der Waals surface area contributed by atoms with E-state index in [2.05, 4.69) is 22.8 Å². The molecule has 46 heavy (non-hydrogen) atoms. The van der Waals surface area contributed by atoms with E-state index in [1.165, 1.54) is 34.2 Å². The topological polar surface area (TPSA) is 127 Å². The van der Waals surface area contributed by atoms with E-state index in [-0.39, 0.29) is 60.2 Å². The highest BCUT2D eigenvalue weighted by Crippen LogP contribution is 2.30. The fourth-order valence-corrected chi connectivity index (χ4v) is 6.20. The molecule has 2 N–H and O–H groups in total.